The molecule has 1 unspecified atom stereocenters. The van der Waals surface area contributed by atoms with Crippen LogP contribution in [0, 0.1) is 5.92 Å². The number of benzene rings is 1. The summed E-state index contributed by atoms with van der Waals surface area (Å²) in [4.78, 5) is 40.7. The van der Waals surface area contributed by atoms with Crippen molar-refractivity contribution < 1.29 is 19.4 Å². The Bertz CT molecular complexity index is 1770. The Balaban J connectivity index is 1.01. The van der Waals surface area contributed by atoms with Crippen molar-refractivity contribution in [2.75, 3.05) is 61.1 Å². The van der Waals surface area contributed by atoms with Gasteiger partial charge in [-0.3, -0.25) is 19.4 Å². The fraction of sp³-hybridized carbons (Fsp3) is 0.432. The minimum absolute atomic E-state index is 0.00847. The zero-order valence-corrected chi connectivity index (χ0v) is 27.7. The molecule has 8 rings (SSSR count). The molecule has 0 bridgehead atoms. The first-order chi connectivity index (χ1) is 23.0. The van der Waals surface area contributed by atoms with Crippen LogP contribution < -0.4 is 15.1 Å². The van der Waals surface area contributed by atoms with Crippen molar-refractivity contribution in [2.24, 2.45) is 5.92 Å². The van der Waals surface area contributed by atoms with Crippen molar-refractivity contribution in [1.29, 1.82) is 0 Å². The molecule has 3 aromatic rings. The smallest absolute Gasteiger partial charge is 0.269 e. The summed E-state index contributed by atoms with van der Waals surface area (Å²) in [5, 5.41) is 14.0. The van der Waals surface area contributed by atoms with Crippen molar-refractivity contribution in [3.05, 3.63) is 86.4 Å². The van der Waals surface area contributed by atoms with E-state index in [0.29, 0.717) is 29.7 Å². The van der Waals surface area contributed by atoms with E-state index < -0.39 is 0 Å². The molecule has 2 N–H and O–H groups in total. The summed E-state index contributed by atoms with van der Waals surface area (Å²) < 4.78 is 5.37. The second-order valence-electron chi connectivity index (χ2n) is 13.3. The number of Topliss-reactive ketones (excluding diaryl/α,β-unsaturated/α-hetero) is 1. The van der Waals surface area contributed by atoms with Crippen LogP contribution in [-0.2, 0) is 35.4 Å². The van der Waals surface area contributed by atoms with Crippen LogP contribution in [-0.4, -0.2) is 78.7 Å². The van der Waals surface area contributed by atoms with Gasteiger partial charge in [-0.05, 0) is 90.8 Å². The molecule has 1 aromatic carbocycles. The molecule has 1 atom stereocenters. The number of rotatable bonds is 7. The standard InChI is InChI=1S/C37H41N5O4S/c1-23-18-24(19-32(34(23)44)39-25-6-8-26(9-7-25)40-14-16-41(17-15-40)27-21-46-22-27)28-10-12-38-36(31(28)20-43)42-13-11-30-29-4-2-3-5-33(29)47-35(30)37(42)45/h6-10,12,18-19,23,27,39,43H,2-5,11,13-17,20-22H2,1H3. The highest BCUT2D eigenvalue weighted by atomic mass is 32.1. The van der Waals surface area contributed by atoms with Gasteiger partial charge < -0.3 is 20.1 Å². The van der Waals surface area contributed by atoms with Crippen molar-refractivity contribution >= 4 is 45.8 Å². The molecule has 2 aliphatic carbocycles. The van der Waals surface area contributed by atoms with E-state index in [1.54, 1.807) is 22.4 Å². The molecule has 47 heavy (non-hydrogen) atoms. The fourth-order valence-corrected chi connectivity index (χ4v) is 9.07. The molecule has 244 valence electrons. The van der Waals surface area contributed by atoms with Crippen LogP contribution in [0.25, 0.3) is 5.57 Å². The maximum Gasteiger partial charge on any atom is 0.269 e. The average Bonchev–Trinajstić information content (AvgIpc) is 3.46. The molecule has 2 fully saturated rings. The number of thiophene rings is 1. The summed E-state index contributed by atoms with van der Waals surface area (Å²) in [5.74, 6) is 0.128. The summed E-state index contributed by atoms with van der Waals surface area (Å²) >= 11 is 1.65. The monoisotopic (exact) mass is 651 g/mol. The van der Waals surface area contributed by atoms with Gasteiger partial charge in [-0.15, -0.1) is 11.3 Å². The van der Waals surface area contributed by atoms with Gasteiger partial charge >= 0.3 is 0 Å². The van der Waals surface area contributed by atoms with Gasteiger partial charge in [0.2, 0.25) is 0 Å². The van der Waals surface area contributed by atoms with Gasteiger partial charge in [0.15, 0.2) is 5.78 Å². The van der Waals surface area contributed by atoms with Crippen molar-refractivity contribution in [3.63, 3.8) is 0 Å². The van der Waals surface area contributed by atoms with E-state index in [0.717, 1.165) is 80.4 Å². The van der Waals surface area contributed by atoms with Gasteiger partial charge in [0.25, 0.3) is 5.91 Å². The first kappa shape index (κ1) is 30.5. The summed E-state index contributed by atoms with van der Waals surface area (Å²) in [7, 11) is 0. The Morgan fingerprint density at radius 3 is 2.51 bits per heavy atom. The second kappa shape index (κ2) is 12.6. The molecule has 2 saturated heterocycles. The SMILES string of the molecule is CC1C=C(c2ccnc(N3CCc4c(sc5c4CCCC5)C3=O)c2CO)C=C(Nc2ccc(N3CCN(C4COC4)CC3)cc2)C1=O. The molecule has 0 saturated carbocycles. The predicted molar refractivity (Wildman–Crippen MR) is 185 cm³/mol. The maximum absolute atomic E-state index is 13.8. The number of fused-ring (bicyclic) bond motifs is 3. The van der Waals surface area contributed by atoms with E-state index in [9.17, 15) is 14.7 Å². The predicted octanol–water partition coefficient (Wildman–Crippen LogP) is 4.84. The topological polar surface area (TPSA) is 98.2 Å². The Kier molecular flexibility index (Phi) is 8.21. The van der Waals surface area contributed by atoms with Crippen LogP contribution in [0.2, 0.25) is 0 Å². The van der Waals surface area contributed by atoms with Crippen LogP contribution >= 0.6 is 11.3 Å². The van der Waals surface area contributed by atoms with Crippen molar-refractivity contribution in [1.82, 2.24) is 9.88 Å². The van der Waals surface area contributed by atoms with Crippen LogP contribution in [0.15, 0.2) is 54.4 Å². The molecule has 1 amide bonds. The van der Waals surface area contributed by atoms with E-state index in [1.165, 1.54) is 34.5 Å². The Hall–Kier alpha value is -3.83. The molecule has 0 spiro atoms. The zero-order chi connectivity index (χ0) is 32.1. The second-order valence-corrected chi connectivity index (χ2v) is 14.4. The van der Waals surface area contributed by atoms with E-state index in [1.807, 2.05) is 37.3 Å². The number of carbonyl (C=O) groups excluding carboxylic acids is 2. The van der Waals surface area contributed by atoms with Gasteiger partial charge in [0, 0.05) is 66.7 Å². The number of aliphatic hydroxyl groups is 1. The zero-order valence-electron chi connectivity index (χ0n) is 26.8. The molecule has 5 heterocycles. The number of allylic oxidation sites excluding steroid dienone is 4. The van der Waals surface area contributed by atoms with Gasteiger partial charge in [-0.2, -0.15) is 0 Å². The van der Waals surface area contributed by atoms with Crippen molar-refractivity contribution in [3.8, 4) is 0 Å². The highest BCUT2D eigenvalue weighted by Crippen LogP contribution is 2.40. The van der Waals surface area contributed by atoms with Crippen LogP contribution in [0.3, 0.4) is 0 Å². The van der Waals surface area contributed by atoms with E-state index >= 15 is 0 Å². The Morgan fingerprint density at radius 2 is 1.77 bits per heavy atom. The quantitative estimate of drug-likeness (QED) is 0.375. The fourth-order valence-electron chi connectivity index (χ4n) is 7.68. The Labute approximate surface area is 279 Å². The lowest BCUT2D eigenvalue weighted by molar-refractivity contribution is -0.117. The number of amides is 1. The highest BCUT2D eigenvalue weighted by molar-refractivity contribution is 7.14. The van der Waals surface area contributed by atoms with Gasteiger partial charge in [-0.1, -0.05) is 13.0 Å². The lowest BCUT2D eigenvalue weighted by Crippen LogP contribution is -2.56. The summed E-state index contributed by atoms with van der Waals surface area (Å²) in [5.41, 5.74) is 7.36. The average molecular weight is 652 g/mol. The molecule has 5 aliphatic rings. The number of carbonyl (C=O) groups is 2. The maximum atomic E-state index is 13.8. The normalized spacial score (nSPS) is 22.0. The molecular weight excluding hydrogens is 611 g/mol. The summed E-state index contributed by atoms with van der Waals surface area (Å²) in [6.45, 7) is 7.92. The minimum atomic E-state index is -0.353. The molecule has 2 aromatic heterocycles. The van der Waals surface area contributed by atoms with Crippen molar-refractivity contribution in [2.45, 2.75) is 51.7 Å². The Morgan fingerprint density at radius 1 is 0.979 bits per heavy atom. The number of nitrogens with zero attached hydrogens (tertiary/aromatic N) is 4. The van der Waals surface area contributed by atoms with E-state index in [-0.39, 0.29) is 24.2 Å². The van der Waals surface area contributed by atoms with Gasteiger partial charge in [-0.25, -0.2) is 4.98 Å². The van der Waals surface area contributed by atoms with E-state index in [4.69, 9.17) is 4.74 Å². The number of ketones is 1. The van der Waals surface area contributed by atoms with Gasteiger partial charge in [0.05, 0.1) is 36.4 Å². The largest absolute Gasteiger partial charge is 0.392 e. The molecule has 3 aliphatic heterocycles. The van der Waals surface area contributed by atoms with Gasteiger partial charge in [0.1, 0.15) is 5.82 Å². The number of pyridine rings is 1. The van der Waals surface area contributed by atoms with Crippen LogP contribution in [0.4, 0.5) is 17.2 Å². The number of anilines is 3. The molecular formula is C37H41N5O4S. The van der Waals surface area contributed by atoms with Crippen LogP contribution in [0.1, 0.15) is 56.6 Å². The summed E-state index contributed by atoms with van der Waals surface area (Å²) in [6, 6.07) is 10.7. The number of aryl methyl sites for hydroxylation is 1. The number of piperazine rings is 1. The number of hydrogen-bond acceptors (Lipinski definition) is 9. The minimum Gasteiger partial charge on any atom is -0.392 e. The third-order valence-corrected chi connectivity index (χ3v) is 11.8. The third-order valence-electron chi connectivity index (χ3n) is 10.4. The summed E-state index contributed by atoms with van der Waals surface area (Å²) in [6.07, 6.45) is 10.8. The third kappa shape index (κ3) is 5.61. The lowest BCUT2D eigenvalue weighted by Gasteiger charge is -2.43. The molecule has 9 nitrogen and oxygen atoms in total. The lowest BCUT2D eigenvalue weighted by atomic mass is 9.88. The highest BCUT2D eigenvalue weighted by Gasteiger charge is 2.34. The first-order valence-electron chi connectivity index (χ1n) is 16.9. The first-order valence-corrected chi connectivity index (χ1v) is 17.8. The number of hydrogen-bond donors (Lipinski definition) is 2. The number of aliphatic hydroxyl groups excluding tert-OH is 1. The van der Waals surface area contributed by atoms with Crippen LogP contribution in [0.5, 0.6) is 0 Å². The number of ether oxygens (including phenoxy) is 1. The molecule has 0 radical (unpaired) electrons. The number of nitrogens with one attached hydrogen (secondary N) is 1. The van der Waals surface area contributed by atoms with E-state index in [2.05, 4.69) is 32.2 Å². The number of aromatic nitrogens is 1. The molecule has 10 heteroatoms.